The van der Waals surface area contributed by atoms with Crippen LogP contribution in [0.3, 0.4) is 0 Å². The molecule has 0 aromatic heterocycles. The van der Waals surface area contributed by atoms with Crippen LogP contribution in [0.2, 0.25) is 0 Å². The number of carboxylic acids is 1. The quantitative estimate of drug-likeness (QED) is 0.556. The highest BCUT2D eigenvalue weighted by Crippen LogP contribution is 2.19. The SMILES string of the molecule is CC(C)(C)OC(=O)C(N)C1CNC1C(=O)O. The van der Waals surface area contributed by atoms with Gasteiger partial charge in [0.25, 0.3) is 0 Å². The van der Waals surface area contributed by atoms with Gasteiger partial charge in [0.05, 0.1) is 0 Å². The van der Waals surface area contributed by atoms with E-state index in [0.717, 1.165) is 0 Å². The van der Waals surface area contributed by atoms with Crippen molar-refractivity contribution in [3.05, 3.63) is 0 Å². The molecule has 3 atom stereocenters. The Morgan fingerprint density at radius 1 is 1.50 bits per heavy atom. The summed E-state index contributed by atoms with van der Waals surface area (Å²) in [6, 6.07) is -1.64. The number of hydrogen-bond acceptors (Lipinski definition) is 5. The fourth-order valence-corrected chi connectivity index (χ4v) is 1.52. The van der Waals surface area contributed by atoms with E-state index in [-0.39, 0.29) is 0 Å². The first-order valence-electron chi connectivity index (χ1n) is 5.17. The molecule has 6 heteroatoms. The van der Waals surface area contributed by atoms with Crippen molar-refractivity contribution >= 4 is 11.9 Å². The number of esters is 1. The third-order valence-corrected chi connectivity index (χ3v) is 2.41. The van der Waals surface area contributed by atoms with E-state index in [9.17, 15) is 9.59 Å². The highest BCUT2D eigenvalue weighted by Gasteiger charge is 2.43. The van der Waals surface area contributed by atoms with Crippen LogP contribution in [-0.2, 0) is 14.3 Å². The van der Waals surface area contributed by atoms with Crippen LogP contribution < -0.4 is 11.1 Å². The Hall–Kier alpha value is -1.14. The summed E-state index contributed by atoms with van der Waals surface area (Å²) in [5, 5.41) is 11.5. The normalized spacial score (nSPS) is 26.8. The van der Waals surface area contributed by atoms with Crippen LogP contribution in [0.1, 0.15) is 20.8 Å². The minimum atomic E-state index is -0.991. The molecule has 1 saturated heterocycles. The van der Waals surface area contributed by atoms with Crippen molar-refractivity contribution in [1.29, 1.82) is 0 Å². The second-order valence-corrected chi connectivity index (χ2v) is 4.95. The van der Waals surface area contributed by atoms with E-state index in [1.165, 1.54) is 0 Å². The van der Waals surface area contributed by atoms with Gasteiger partial charge in [-0.05, 0) is 20.8 Å². The maximum Gasteiger partial charge on any atom is 0.323 e. The Morgan fingerprint density at radius 3 is 2.38 bits per heavy atom. The van der Waals surface area contributed by atoms with Crippen LogP contribution in [0.5, 0.6) is 0 Å². The zero-order chi connectivity index (χ0) is 12.5. The molecule has 16 heavy (non-hydrogen) atoms. The Kier molecular flexibility index (Phi) is 3.54. The summed E-state index contributed by atoms with van der Waals surface area (Å²) in [6.45, 7) is 5.65. The highest BCUT2D eigenvalue weighted by molar-refractivity contribution is 5.81. The Morgan fingerprint density at radius 2 is 2.06 bits per heavy atom. The Balaban J connectivity index is 2.55. The first-order chi connectivity index (χ1) is 7.22. The van der Waals surface area contributed by atoms with Crippen molar-refractivity contribution in [2.75, 3.05) is 6.54 Å². The molecule has 1 aliphatic heterocycles. The van der Waals surface area contributed by atoms with Gasteiger partial charge in [-0.2, -0.15) is 0 Å². The molecule has 6 nitrogen and oxygen atoms in total. The maximum atomic E-state index is 11.6. The minimum Gasteiger partial charge on any atom is -0.480 e. The van der Waals surface area contributed by atoms with Crippen molar-refractivity contribution in [2.24, 2.45) is 11.7 Å². The molecule has 0 bridgehead atoms. The minimum absolute atomic E-state index is 0.396. The summed E-state index contributed by atoms with van der Waals surface area (Å²) in [5.74, 6) is -1.94. The summed E-state index contributed by atoms with van der Waals surface area (Å²) in [6.07, 6.45) is 0. The van der Waals surface area contributed by atoms with Gasteiger partial charge >= 0.3 is 11.9 Å². The lowest BCUT2D eigenvalue weighted by Gasteiger charge is -2.38. The number of nitrogens with one attached hydrogen (secondary N) is 1. The van der Waals surface area contributed by atoms with Gasteiger partial charge in [-0.3, -0.25) is 9.59 Å². The number of aliphatic carboxylic acids is 1. The molecule has 92 valence electrons. The largest absolute Gasteiger partial charge is 0.480 e. The van der Waals surface area contributed by atoms with Gasteiger partial charge < -0.3 is 20.9 Å². The van der Waals surface area contributed by atoms with E-state index >= 15 is 0 Å². The highest BCUT2D eigenvalue weighted by atomic mass is 16.6. The number of carbonyl (C=O) groups is 2. The third kappa shape index (κ3) is 2.93. The second kappa shape index (κ2) is 4.39. The molecule has 1 fully saturated rings. The van der Waals surface area contributed by atoms with Gasteiger partial charge in [-0.25, -0.2) is 0 Å². The molecular formula is C10H18N2O4. The molecule has 0 amide bonds. The first-order valence-corrected chi connectivity index (χ1v) is 5.17. The topological polar surface area (TPSA) is 102 Å². The average molecular weight is 230 g/mol. The number of rotatable bonds is 3. The lowest BCUT2D eigenvalue weighted by atomic mass is 9.85. The van der Waals surface area contributed by atoms with Crippen LogP contribution in [0.4, 0.5) is 0 Å². The van der Waals surface area contributed by atoms with E-state index in [4.69, 9.17) is 15.6 Å². The molecule has 1 heterocycles. The van der Waals surface area contributed by atoms with E-state index in [2.05, 4.69) is 5.32 Å². The molecule has 0 aromatic carbocycles. The van der Waals surface area contributed by atoms with E-state index < -0.39 is 35.5 Å². The summed E-state index contributed by atoms with van der Waals surface area (Å²) >= 11 is 0. The monoisotopic (exact) mass is 230 g/mol. The molecular weight excluding hydrogens is 212 g/mol. The Labute approximate surface area is 94.1 Å². The predicted octanol–water partition coefficient (Wildman–Crippen LogP) is -0.672. The smallest absolute Gasteiger partial charge is 0.323 e. The van der Waals surface area contributed by atoms with Crippen molar-refractivity contribution in [3.8, 4) is 0 Å². The molecule has 4 N–H and O–H groups in total. The molecule has 1 aliphatic rings. The van der Waals surface area contributed by atoms with Crippen molar-refractivity contribution < 1.29 is 19.4 Å². The zero-order valence-electron chi connectivity index (χ0n) is 9.69. The number of carbonyl (C=O) groups excluding carboxylic acids is 1. The third-order valence-electron chi connectivity index (χ3n) is 2.41. The van der Waals surface area contributed by atoms with Crippen molar-refractivity contribution in [3.63, 3.8) is 0 Å². The number of carboxylic acid groups (broad SMARTS) is 1. The number of nitrogens with two attached hydrogens (primary N) is 1. The molecule has 3 unspecified atom stereocenters. The van der Waals surface area contributed by atoms with Crippen LogP contribution in [0.15, 0.2) is 0 Å². The standard InChI is InChI=1S/C10H18N2O4/c1-10(2,3)16-9(15)6(11)5-4-12-7(5)8(13)14/h5-7,12H,4,11H2,1-3H3,(H,13,14). The van der Waals surface area contributed by atoms with E-state index in [0.29, 0.717) is 6.54 Å². The van der Waals surface area contributed by atoms with Crippen LogP contribution in [0, 0.1) is 5.92 Å². The average Bonchev–Trinajstić information content (AvgIpc) is 1.96. The summed E-state index contributed by atoms with van der Waals surface area (Å²) in [5.41, 5.74) is 5.07. The lowest BCUT2D eigenvalue weighted by Crippen LogP contribution is -2.65. The Bertz CT molecular complexity index is 298. The van der Waals surface area contributed by atoms with Crippen molar-refractivity contribution in [2.45, 2.75) is 38.5 Å². The predicted molar refractivity (Wildman–Crippen MR) is 56.7 cm³/mol. The van der Waals surface area contributed by atoms with Crippen LogP contribution in [-0.4, -0.2) is 41.3 Å². The molecule has 1 rings (SSSR count). The van der Waals surface area contributed by atoms with Gasteiger partial charge in [0.1, 0.15) is 17.7 Å². The summed E-state index contributed by atoms with van der Waals surface area (Å²) < 4.78 is 5.10. The second-order valence-electron chi connectivity index (χ2n) is 4.95. The molecule has 0 saturated carbocycles. The first kappa shape index (κ1) is 12.9. The van der Waals surface area contributed by atoms with Crippen LogP contribution in [0.25, 0.3) is 0 Å². The van der Waals surface area contributed by atoms with Gasteiger partial charge in [-0.1, -0.05) is 0 Å². The van der Waals surface area contributed by atoms with E-state index in [1.54, 1.807) is 20.8 Å². The molecule has 0 aromatic rings. The zero-order valence-corrected chi connectivity index (χ0v) is 9.69. The van der Waals surface area contributed by atoms with Gasteiger partial charge in [0.15, 0.2) is 0 Å². The fraction of sp³-hybridized carbons (Fsp3) is 0.800. The molecule has 0 radical (unpaired) electrons. The van der Waals surface area contributed by atoms with Crippen molar-refractivity contribution in [1.82, 2.24) is 5.32 Å². The fourth-order valence-electron chi connectivity index (χ4n) is 1.52. The summed E-state index contributed by atoms with van der Waals surface area (Å²) in [7, 11) is 0. The maximum absolute atomic E-state index is 11.6. The van der Waals surface area contributed by atoms with Gasteiger partial charge in [0.2, 0.25) is 0 Å². The molecule has 0 spiro atoms. The number of ether oxygens (including phenoxy) is 1. The number of hydrogen-bond donors (Lipinski definition) is 3. The van der Waals surface area contributed by atoms with Crippen LogP contribution >= 0.6 is 0 Å². The van der Waals surface area contributed by atoms with Gasteiger partial charge in [0, 0.05) is 12.5 Å². The van der Waals surface area contributed by atoms with E-state index in [1.807, 2.05) is 0 Å². The lowest BCUT2D eigenvalue weighted by molar-refractivity contribution is -0.160. The summed E-state index contributed by atoms with van der Waals surface area (Å²) in [4.78, 5) is 22.3. The van der Waals surface area contributed by atoms with Gasteiger partial charge in [-0.15, -0.1) is 0 Å². The molecule has 0 aliphatic carbocycles.